The highest BCUT2D eigenvalue weighted by Crippen LogP contribution is 2.28. The Balaban J connectivity index is 1.77. The van der Waals surface area contributed by atoms with Crippen molar-refractivity contribution in [2.24, 2.45) is 0 Å². The van der Waals surface area contributed by atoms with Crippen LogP contribution < -0.4 is 10.1 Å². The number of nitrogens with zero attached hydrogens (tertiary/aromatic N) is 2. The molecule has 6 nitrogen and oxygen atoms in total. The molecule has 0 saturated carbocycles. The molecule has 120 valence electrons. The second-order valence-electron chi connectivity index (χ2n) is 5.36. The fraction of sp³-hybridized carbons (Fsp3) is 0.294. The number of ether oxygens (including phenoxy) is 1. The van der Waals surface area contributed by atoms with Gasteiger partial charge in [0.25, 0.3) is 0 Å². The van der Waals surface area contributed by atoms with E-state index in [0.717, 1.165) is 28.0 Å². The minimum Gasteiger partial charge on any atom is -0.497 e. The Kier molecular flexibility index (Phi) is 4.16. The van der Waals surface area contributed by atoms with Crippen molar-refractivity contribution in [2.75, 3.05) is 19.0 Å². The molecule has 1 aromatic carbocycles. The summed E-state index contributed by atoms with van der Waals surface area (Å²) < 4.78 is 10.7. The lowest BCUT2D eigenvalue weighted by atomic mass is 10.1. The van der Waals surface area contributed by atoms with Crippen LogP contribution in [0.4, 0.5) is 5.82 Å². The quantitative estimate of drug-likeness (QED) is 0.753. The molecule has 0 aliphatic rings. The molecule has 23 heavy (non-hydrogen) atoms. The summed E-state index contributed by atoms with van der Waals surface area (Å²) in [5.74, 6) is 2.24. The smallest absolute Gasteiger partial charge is 0.231 e. The largest absolute Gasteiger partial charge is 0.497 e. The van der Waals surface area contributed by atoms with Gasteiger partial charge in [0.05, 0.1) is 18.6 Å². The van der Waals surface area contributed by atoms with Crippen molar-refractivity contribution >= 4 is 16.9 Å². The molecule has 3 rings (SSSR count). The monoisotopic (exact) mass is 313 g/mol. The first-order chi connectivity index (χ1) is 11.1. The number of aliphatic hydroxyl groups excluding tert-OH is 1. The maximum Gasteiger partial charge on any atom is 0.231 e. The molecule has 0 fully saturated rings. The van der Waals surface area contributed by atoms with E-state index in [-0.39, 0.29) is 0 Å². The Morgan fingerprint density at radius 1 is 1.22 bits per heavy atom. The molecule has 0 aliphatic heterocycles. The number of methoxy groups -OCH3 is 1. The Morgan fingerprint density at radius 3 is 2.65 bits per heavy atom. The average Bonchev–Trinajstić information content (AvgIpc) is 2.88. The van der Waals surface area contributed by atoms with Gasteiger partial charge in [-0.2, -0.15) is 0 Å². The van der Waals surface area contributed by atoms with Gasteiger partial charge in [0, 0.05) is 12.1 Å². The minimum absolute atomic E-state index is 0.335. The molecular weight excluding hydrogens is 294 g/mol. The van der Waals surface area contributed by atoms with E-state index < -0.39 is 6.10 Å². The van der Waals surface area contributed by atoms with E-state index in [1.165, 1.54) is 6.33 Å². The van der Waals surface area contributed by atoms with Crippen LogP contribution in [-0.4, -0.2) is 28.7 Å². The fourth-order valence-corrected chi connectivity index (χ4v) is 2.45. The number of aromatic nitrogens is 2. The first kappa shape index (κ1) is 15.3. The summed E-state index contributed by atoms with van der Waals surface area (Å²) in [6, 6.07) is 7.33. The molecule has 0 aliphatic carbocycles. The van der Waals surface area contributed by atoms with Crippen LogP contribution in [0.3, 0.4) is 0 Å². The van der Waals surface area contributed by atoms with Gasteiger partial charge in [-0.15, -0.1) is 0 Å². The summed E-state index contributed by atoms with van der Waals surface area (Å²) >= 11 is 0. The van der Waals surface area contributed by atoms with E-state index in [0.29, 0.717) is 18.1 Å². The zero-order chi connectivity index (χ0) is 16.4. The van der Waals surface area contributed by atoms with Crippen LogP contribution in [0.5, 0.6) is 5.75 Å². The molecule has 1 atom stereocenters. The molecule has 2 aromatic heterocycles. The third kappa shape index (κ3) is 2.98. The van der Waals surface area contributed by atoms with Crippen LogP contribution in [0.15, 0.2) is 35.0 Å². The third-order valence-electron chi connectivity index (χ3n) is 3.93. The number of nitrogens with one attached hydrogen (secondary N) is 1. The van der Waals surface area contributed by atoms with Crippen molar-refractivity contribution in [3.8, 4) is 5.75 Å². The summed E-state index contributed by atoms with van der Waals surface area (Å²) in [6.45, 7) is 4.20. The van der Waals surface area contributed by atoms with Gasteiger partial charge in [-0.25, -0.2) is 9.97 Å². The van der Waals surface area contributed by atoms with Gasteiger partial charge in [0.2, 0.25) is 5.71 Å². The van der Waals surface area contributed by atoms with Crippen LogP contribution in [-0.2, 0) is 0 Å². The van der Waals surface area contributed by atoms with Crippen molar-refractivity contribution in [3.63, 3.8) is 0 Å². The minimum atomic E-state index is -0.653. The van der Waals surface area contributed by atoms with Crippen molar-refractivity contribution in [1.82, 2.24) is 9.97 Å². The summed E-state index contributed by atoms with van der Waals surface area (Å²) in [6.07, 6.45) is 0.798. The number of aryl methyl sites for hydroxylation is 2. The highest BCUT2D eigenvalue weighted by molar-refractivity contribution is 5.89. The van der Waals surface area contributed by atoms with Gasteiger partial charge >= 0.3 is 0 Å². The predicted octanol–water partition coefficient (Wildman–Crippen LogP) is 2.99. The van der Waals surface area contributed by atoms with E-state index in [2.05, 4.69) is 15.3 Å². The van der Waals surface area contributed by atoms with Crippen molar-refractivity contribution in [1.29, 1.82) is 0 Å². The molecule has 6 heteroatoms. The highest BCUT2D eigenvalue weighted by atomic mass is 16.5. The molecular formula is C17H19N3O3. The summed E-state index contributed by atoms with van der Waals surface area (Å²) in [4.78, 5) is 8.39. The summed E-state index contributed by atoms with van der Waals surface area (Å²) in [7, 11) is 1.61. The first-order valence-electron chi connectivity index (χ1n) is 7.36. The van der Waals surface area contributed by atoms with Crippen LogP contribution >= 0.6 is 0 Å². The van der Waals surface area contributed by atoms with Gasteiger partial charge in [-0.1, -0.05) is 12.1 Å². The van der Waals surface area contributed by atoms with Gasteiger partial charge in [-0.05, 0) is 31.5 Å². The molecule has 3 aromatic rings. The number of aliphatic hydroxyl groups is 1. The Bertz CT molecular complexity index is 812. The summed E-state index contributed by atoms with van der Waals surface area (Å²) in [5.41, 5.74) is 2.36. The topological polar surface area (TPSA) is 80.4 Å². The van der Waals surface area contributed by atoms with E-state index in [4.69, 9.17) is 9.15 Å². The van der Waals surface area contributed by atoms with E-state index in [1.807, 2.05) is 38.1 Å². The average molecular weight is 313 g/mol. The van der Waals surface area contributed by atoms with Gasteiger partial charge in [0.15, 0.2) is 0 Å². The number of rotatable bonds is 5. The second-order valence-corrected chi connectivity index (χ2v) is 5.36. The van der Waals surface area contributed by atoms with Crippen LogP contribution in [0.2, 0.25) is 0 Å². The molecule has 0 bridgehead atoms. The van der Waals surface area contributed by atoms with Crippen molar-refractivity contribution < 1.29 is 14.3 Å². The number of furan rings is 1. The molecule has 2 N–H and O–H groups in total. The van der Waals surface area contributed by atoms with E-state index in [9.17, 15) is 5.11 Å². The van der Waals surface area contributed by atoms with Crippen molar-refractivity contribution in [3.05, 3.63) is 47.5 Å². The SMILES string of the molecule is COc1ccc(C(O)CNc2ncnc3oc(C)c(C)c23)cc1. The zero-order valence-electron chi connectivity index (χ0n) is 13.3. The molecule has 0 radical (unpaired) electrons. The molecule has 0 spiro atoms. The maximum absolute atomic E-state index is 10.3. The zero-order valence-corrected chi connectivity index (χ0v) is 13.3. The highest BCUT2D eigenvalue weighted by Gasteiger charge is 2.15. The molecule has 0 saturated heterocycles. The number of fused-ring (bicyclic) bond motifs is 1. The number of benzene rings is 1. The normalized spacial score (nSPS) is 12.3. The second kappa shape index (κ2) is 6.26. The molecule has 1 unspecified atom stereocenters. The Morgan fingerprint density at radius 2 is 1.96 bits per heavy atom. The number of anilines is 1. The maximum atomic E-state index is 10.3. The molecule has 0 amide bonds. The van der Waals surface area contributed by atoms with Crippen LogP contribution in [0, 0.1) is 13.8 Å². The predicted molar refractivity (Wildman–Crippen MR) is 87.7 cm³/mol. The third-order valence-corrected chi connectivity index (χ3v) is 3.93. The van der Waals surface area contributed by atoms with E-state index >= 15 is 0 Å². The van der Waals surface area contributed by atoms with Crippen LogP contribution in [0.1, 0.15) is 23.0 Å². The Hall–Kier alpha value is -2.60. The first-order valence-corrected chi connectivity index (χ1v) is 7.36. The van der Waals surface area contributed by atoms with E-state index in [1.54, 1.807) is 7.11 Å². The van der Waals surface area contributed by atoms with Gasteiger partial charge < -0.3 is 19.6 Å². The number of hydrogen-bond donors (Lipinski definition) is 2. The van der Waals surface area contributed by atoms with Gasteiger partial charge in [0.1, 0.15) is 23.7 Å². The Labute approximate surface area is 134 Å². The lowest BCUT2D eigenvalue weighted by molar-refractivity contribution is 0.191. The molecule has 2 heterocycles. The van der Waals surface area contributed by atoms with Crippen LogP contribution in [0.25, 0.3) is 11.1 Å². The fourth-order valence-electron chi connectivity index (χ4n) is 2.45. The lowest BCUT2D eigenvalue weighted by Gasteiger charge is -2.13. The lowest BCUT2D eigenvalue weighted by Crippen LogP contribution is -2.13. The van der Waals surface area contributed by atoms with Crippen molar-refractivity contribution in [2.45, 2.75) is 20.0 Å². The number of hydrogen-bond acceptors (Lipinski definition) is 6. The standard InChI is InChI=1S/C17H19N3O3/c1-10-11(2)23-17-15(10)16(19-9-20-17)18-8-14(21)12-4-6-13(22-3)7-5-12/h4-7,9,14,21H,8H2,1-3H3,(H,18,19,20). The van der Waals surface area contributed by atoms with Gasteiger partial charge in [-0.3, -0.25) is 0 Å². The summed E-state index contributed by atoms with van der Waals surface area (Å²) in [5, 5.41) is 14.4.